The molecule has 0 radical (unpaired) electrons. The molecule has 2 N–H and O–H groups in total. The summed E-state index contributed by atoms with van der Waals surface area (Å²) in [5.41, 5.74) is 1.48. The number of anilines is 1. The van der Waals surface area contributed by atoms with Crippen LogP contribution in [0.2, 0.25) is 0 Å². The lowest BCUT2D eigenvalue weighted by atomic mass is 10.1. The number of amides is 1. The minimum Gasteiger partial charge on any atom is -0.350 e. The van der Waals surface area contributed by atoms with E-state index in [1.165, 1.54) is 0 Å². The minimum atomic E-state index is -0.446. The van der Waals surface area contributed by atoms with Crippen LogP contribution in [0.15, 0.2) is 40.9 Å². The predicted octanol–water partition coefficient (Wildman–Crippen LogP) is 2.02. The van der Waals surface area contributed by atoms with Gasteiger partial charge < -0.3 is 4.52 Å². The van der Waals surface area contributed by atoms with E-state index in [9.17, 15) is 4.79 Å². The normalized spacial score (nSPS) is 10.4. The Morgan fingerprint density at radius 2 is 2.10 bits per heavy atom. The van der Waals surface area contributed by atoms with Crippen LogP contribution < -0.4 is 5.32 Å². The largest absolute Gasteiger partial charge is 0.350 e. The highest BCUT2D eigenvalue weighted by atomic mass is 16.5. The van der Waals surface area contributed by atoms with Crippen LogP contribution >= 0.6 is 0 Å². The average Bonchev–Trinajstić information content (AvgIpc) is 3.09. The molecule has 3 aromatic rings. The first-order valence-corrected chi connectivity index (χ1v) is 5.95. The highest BCUT2D eigenvalue weighted by Gasteiger charge is 2.15. The first-order valence-electron chi connectivity index (χ1n) is 5.95. The fourth-order valence-corrected chi connectivity index (χ4v) is 1.69. The van der Waals surface area contributed by atoms with Crippen molar-refractivity contribution in [1.82, 2.24) is 20.3 Å². The molecule has 0 spiro atoms. The molecule has 0 saturated heterocycles. The van der Waals surface area contributed by atoms with Crippen molar-refractivity contribution in [2.24, 2.45) is 0 Å². The molecule has 0 atom stereocenters. The number of benzene rings is 1. The molecular formula is C13H11N5O2. The number of carbonyl (C=O) groups excluding carboxylic acids is 1. The Labute approximate surface area is 114 Å². The van der Waals surface area contributed by atoms with E-state index in [0.29, 0.717) is 11.5 Å². The van der Waals surface area contributed by atoms with Crippen molar-refractivity contribution >= 4 is 11.9 Å². The first-order chi connectivity index (χ1) is 9.72. The maximum atomic E-state index is 11.9. The van der Waals surface area contributed by atoms with Gasteiger partial charge in [0.2, 0.25) is 11.7 Å². The van der Waals surface area contributed by atoms with Crippen molar-refractivity contribution in [3.8, 4) is 11.3 Å². The second kappa shape index (κ2) is 4.96. The van der Waals surface area contributed by atoms with Crippen LogP contribution in [0.1, 0.15) is 16.4 Å². The molecule has 3 rings (SSSR count). The van der Waals surface area contributed by atoms with Crippen LogP contribution in [0, 0.1) is 6.92 Å². The highest BCUT2D eigenvalue weighted by Crippen LogP contribution is 2.18. The van der Waals surface area contributed by atoms with Gasteiger partial charge in [-0.15, -0.1) is 5.10 Å². The van der Waals surface area contributed by atoms with Gasteiger partial charge in [0.05, 0.1) is 0 Å². The molecule has 0 aliphatic rings. The molecule has 2 heterocycles. The van der Waals surface area contributed by atoms with Gasteiger partial charge >= 0.3 is 0 Å². The average molecular weight is 269 g/mol. The lowest BCUT2D eigenvalue weighted by Crippen LogP contribution is -2.12. The number of H-pyrrole nitrogens is 1. The van der Waals surface area contributed by atoms with E-state index in [1.807, 2.05) is 30.3 Å². The summed E-state index contributed by atoms with van der Waals surface area (Å²) >= 11 is 0. The summed E-state index contributed by atoms with van der Waals surface area (Å²) in [5, 5.41) is 12.8. The number of nitrogens with one attached hydrogen (secondary N) is 2. The Morgan fingerprint density at radius 1 is 1.30 bits per heavy atom. The highest BCUT2D eigenvalue weighted by molar-refractivity contribution is 6.01. The summed E-state index contributed by atoms with van der Waals surface area (Å²) in [7, 11) is 0. The molecule has 20 heavy (non-hydrogen) atoms. The maximum absolute atomic E-state index is 11.9. The van der Waals surface area contributed by atoms with Crippen molar-refractivity contribution in [2.75, 3.05) is 5.32 Å². The van der Waals surface area contributed by atoms with Crippen LogP contribution in [0.3, 0.4) is 0 Å². The summed E-state index contributed by atoms with van der Waals surface area (Å²) in [4.78, 5) is 15.9. The zero-order chi connectivity index (χ0) is 13.9. The third kappa shape index (κ3) is 2.41. The molecule has 7 nitrogen and oxygen atoms in total. The number of carbonyl (C=O) groups is 1. The number of rotatable bonds is 3. The second-order valence-electron chi connectivity index (χ2n) is 4.14. The molecule has 0 unspecified atom stereocenters. The zero-order valence-electron chi connectivity index (χ0n) is 10.6. The van der Waals surface area contributed by atoms with Crippen molar-refractivity contribution < 1.29 is 9.32 Å². The number of hydrogen-bond acceptors (Lipinski definition) is 5. The van der Waals surface area contributed by atoms with Gasteiger partial charge in [0.1, 0.15) is 11.5 Å². The van der Waals surface area contributed by atoms with E-state index in [2.05, 4.69) is 25.7 Å². The molecule has 1 aromatic carbocycles. The van der Waals surface area contributed by atoms with Crippen LogP contribution in [0.5, 0.6) is 0 Å². The van der Waals surface area contributed by atoms with Gasteiger partial charge in [-0.25, -0.2) is 0 Å². The fraction of sp³-hybridized carbons (Fsp3) is 0.0769. The van der Waals surface area contributed by atoms with Crippen LogP contribution in [0.4, 0.5) is 5.95 Å². The number of nitrogens with zero attached hydrogens (tertiary/aromatic N) is 3. The Bertz CT molecular complexity index is 732. The van der Waals surface area contributed by atoms with Crippen LogP contribution in [0.25, 0.3) is 11.3 Å². The monoisotopic (exact) mass is 269 g/mol. The topological polar surface area (TPSA) is 96.7 Å². The van der Waals surface area contributed by atoms with Crippen molar-refractivity contribution in [3.63, 3.8) is 0 Å². The molecule has 0 aliphatic carbocycles. The van der Waals surface area contributed by atoms with E-state index >= 15 is 0 Å². The quantitative estimate of drug-likeness (QED) is 0.758. The number of aromatic amines is 1. The van der Waals surface area contributed by atoms with Gasteiger partial charge in [-0.1, -0.05) is 35.5 Å². The predicted molar refractivity (Wildman–Crippen MR) is 71.0 cm³/mol. The molecule has 7 heteroatoms. The number of aryl methyl sites for hydroxylation is 1. The standard InChI is InChI=1S/C13H11N5O2/c1-8-14-13(17-16-8)15-12(19)11-7-10(18-20-11)9-5-3-2-4-6-9/h2-7H,1H3,(H2,14,15,16,17,19). The third-order valence-corrected chi connectivity index (χ3v) is 2.63. The molecule has 0 saturated carbocycles. The Morgan fingerprint density at radius 3 is 2.80 bits per heavy atom. The van der Waals surface area contributed by atoms with E-state index in [-0.39, 0.29) is 11.7 Å². The second-order valence-corrected chi connectivity index (χ2v) is 4.14. The van der Waals surface area contributed by atoms with Crippen molar-refractivity contribution in [1.29, 1.82) is 0 Å². The summed E-state index contributed by atoms with van der Waals surface area (Å²) < 4.78 is 5.03. The van der Waals surface area contributed by atoms with Crippen molar-refractivity contribution in [2.45, 2.75) is 6.92 Å². The molecule has 0 bridgehead atoms. The Hall–Kier alpha value is -2.96. The third-order valence-electron chi connectivity index (χ3n) is 2.63. The summed E-state index contributed by atoms with van der Waals surface area (Å²) in [6.45, 7) is 1.74. The van der Waals surface area contributed by atoms with Gasteiger partial charge in [-0.3, -0.25) is 15.2 Å². The maximum Gasteiger partial charge on any atom is 0.296 e. The van der Waals surface area contributed by atoms with Gasteiger partial charge in [-0.2, -0.15) is 4.98 Å². The number of hydrogen-bond donors (Lipinski definition) is 2. The minimum absolute atomic E-state index is 0.103. The van der Waals surface area contributed by atoms with Gasteiger partial charge in [0.15, 0.2) is 0 Å². The zero-order valence-corrected chi connectivity index (χ0v) is 10.6. The van der Waals surface area contributed by atoms with Crippen molar-refractivity contribution in [3.05, 3.63) is 48.0 Å². The van der Waals surface area contributed by atoms with Gasteiger partial charge in [0, 0.05) is 11.6 Å². The van der Waals surface area contributed by atoms with E-state index in [4.69, 9.17) is 4.52 Å². The lowest BCUT2D eigenvalue weighted by Gasteiger charge is -1.94. The van der Waals surface area contributed by atoms with Crippen LogP contribution in [-0.2, 0) is 0 Å². The smallest absolute Gasteiger partial charge is 0.296 e. The Balaban J connectivity index is 1.78. The number of aromatic nitrogens is 4. The molecule has 0 fully saturated rings. The van der Waals surface area contributed by atoms with Crippen LogP contribution in [-0.4, -0.2) is 26.2 Å². The van der Waals surface area contributed by atoms with Gasteiger partial charge in [-0.05, 0) is 6.92 Å². The van der Waals surface area contributed by atoms with E-state index in [1.54, 1.807) is 13.0 Å². The van der Waals surface area contributed by atoms with E-state index in [0.717, 1.165) is 5.56 Å². The molecule has 100 valence electrons. The lowest BCUT2D eigenvalue weighted by molar-refractivity contribution is 0.0987. The fourth-order valence-electron chi connectivity index (χ4n) is 1.69. The molecule has 2 aromatic heterocycles. The van der Waals surface area contributed by atoms with Gasteiger partial charge in [0.25, 0.3) is 5.91 Å². The molecule has 0 aliphatic heterocycles. The first kappa shape index (κ1) is 12.1. The molecular weight excluding hydrogens is 258 g/mol. The van der Waals surface area contributed by atoms with E-state index < -0.39 is 5.91 Å². The summed E-state index contributed by atoms with van der Waals surface area (Å²) in [6, 6.07) is 11.0. The summed E-state index contributed by atoms with van der Waals surface area (Å²) in [5.74, 6) is 0.470. The molecule has 1 amide bonds. The Kier molecular flexibility index (Phi) is 3.00. The SMILES string of the molecule is Cc1nc(NC(=O)c2cc(-c3ccccc3)no2)n[nH]1. The summed E-state index contributed by atoms with van der Waals surface area (Å²) in [6.07, 6.45) is 0.